The quantitative estimate of drug-likeness (QED) is 0.578. The Hall–Kier alpha value is -1.14. The van der Waals surface area contributed by atoms with Crippen molar-refractivity contribution >= 4 is 11.9 Å². The summed E-state index contributed by atoms with van der Waals surface area (Å²) in [5.74, 6) is -0.954. The molecule has 2 heterocycles. The maximum Gasteiger partial charge on any atom is 0.325 e. The van der Waals surface area contributed by atoms with E-state index in [0.29, 0.717) is 38.9 Å². The molecule has 1 aliphatic carbocycles. The highest BCUT2D eigenvalue weighted by molar-refractivity contribution is 6.00. The third-order valence-electron chi connectivity index (χ3n) is 5.24. The van der Waals surface area contributed by atoms with E-state index in [4.69, 9.17) is 18.9 Å². The second-order valence-corrected chi connectivity index (χ2v) is 7.05. The van der Waals surface area contributed by atoms with E-state index >= 15 is 0 Å². The van der Waals surface area contributed by atoms with Crippen molar-refractivity contribution < 1.29 is 28.5 Å². The zero-order valence-electron chi connectivity index (χ0n) is 14.3. The molecule has 0 N–H and O–H groups in total. The number of carbonyl (C=O) groups excluding carboxylic acids is 2. The summed E-state index contributed by atoms with van der Waals surface area (Å²) in [6.07, 6.45) is 7.95. The van der Waals surface area contributed by atoms with Crippen LogP contribution < -0.4 is 0 Å². The van der Waals surface area contributed by atoms with Gasteiger partial charge in [0.05, 0.1) is 13.2 Å². The lowest BCUT2D eigenvalue weighted by molar-refractivity contribution is -0.215. The van der Waals surface area contributed by atoms with Crippen LogP contribution in [0.4, 0.5) is 0 Å². The molecular weight excluding hydrogens is 312 g/mol. The number of ether oxygens (including phenoxy) is 4. The first-order valence-corrected chi connectivity index (χ1v) is 9.36. The summed E-state index contributed by atoms with van der Waals surface area (Å²) in [7, 11) is 0. The van der Waals surface area contributed by atoms with E-state index in [0.717, 1.165) is 44.9 Å². The predicted octanol–water partition coefficient (Wildman–Crippen LogP) is 3.08. The van der Waals surface area contributed by atoms with Crippen molar-refractivity contribution in [3.05, 3.63) is 0 Å². The van der Waals surface area contributed by atoms with Crippen molar-refractivity contribution in [2.45, 2.75) is 83.2 Å². The Bertz CT molecular complexity index is 397. The van der Waals surface area contributed by atoms with Gasteiger partial charge in [-0.1, -0.05) is 19.3 Å². The van der Waals surface area contributed by atoms with E-state index in [9.17, 15) is 9.59 Å². The monoisotopic (exact) mass is 340 g/mol. The Balaban J connectivity index is 1.65. The predicted molar refractivity (Wildman–Crippen MR) is 84.9 cm³/mol. The van der Waals surface area contributed by atoms with Gasteiger partial charge in [0, 0.05) is 12.8 Å². The fourth-order valence-corrected chi connectivity index (χ4v) is 3.72. The fourth-order valence-electron chi connectivity index (χ4n) is 3.72. The average molecular weight is 340 g/mol. The molecule has 2 atom stereocenters. The first-order valence-electron chi connectivity index (χ1n) is 9.36. The van der Waals surface area contributed by atoms with E-state index in [1.165, 1.54) is 0 Å². The molecule has 6 nitrogen and oxygen atoms in total. The van der Waals surface area contributed by atoms with Crippen LogP contribution in [-0.4, -0.2) is 37.7 Å². The highest BCUT2D eigenvalue weighted by atomic mass is 16.7. The van der Waals surface area contributed by atoms with Crippen LogP contribution in [0.3, 0.4) is 0 Å². The van der Waals surface area contributed by atoms with Gasteiger partial charge >= 0.3 is 11.9 Å². The Labute approximate surface area is 143 Å². The van der Waals surface area contributed by atoms with Crippen LogP contribution in [0.2, 0.25) is 0 Å². The summed E-state index contributed by atoms with van der Waals surface area (Å²) in [5.41, 5.74) is -1.18. The van der Waals surface area contributed by atoms with E-state index in [1.54, 1.807) is 0 Å². The van der Waals surface area contributed by atoms with Gasteiger partial charge < -0.3 is 18.9 Å². The molecule has 0 bridgehead atoms. The average Bonchev–Trinajstić information content (AvgIpc) is 2.64. The summed E-state index contributed by atoms with van der Waals surface area (Å²) < 4.78 is 22.1. The molecule has 6 heteroatoms. The van der Waals surface area contributed by atoms with Crippen molar-refractivity contribution in [3.8, 4) is 0 Å². The lowest BCUT2D eigenvalue weighted by Gasteiger charge is -2.35. The smallest absolute Gasteiger partial charge is 0.325 e. The topological polar surface area (TPSA) is 71.1 Å². The van der Waals surface area contributed by atoms with Crippen LogP contribution in [0.5, 0.6) is 0 Å². The molecule has 3 aliphatic rings. The summed E-state index contributed by atoms with van der Waals surface area (Å²) in [6.45, 7) is 1.20. The van der Waals surface area contributed by atoms with Gasteiger partial charge in [0.15, 0.2) is 5.41 Å². The van der Waals surface area contributed by atoms with E-state index in [1.807, 2.05) is 0 Å². The SMILES string of the molecule is O=C(OC1CCCCO1)C1(C(=O)OC2CCCCO2)CCCCC1. The summed E-state index contributed by atoms with van der Waals surface area (Å²) >= 11 is 0. The van der Waals surface area contributed by atoms with Gasteiger partial charge in [-0.15, -0.1) is 0 Å². The van der Waals surface area contributed by atoms with Crippen LogP contribution in [0, 0.1) is 5.41 Å². The second kappa shape index (κ2) is 8.30. The minimum absolute atomic E-state index is 0.477. The number of hydrogen-bond acceptors (Lipinski definition) is 6. The van der Waals surface area contributed by atoms with Crippen molar-refractivity contribution in [2.75, 3.05) is 13.2 Å². The number of rotatable bonds is 4. The van der Waals surface area contributed by atoms with Crippen molar-refractivity contribution in [1.82, 2.24) is 0 Å². The number of carbonyl (C=O) groups is 2. The molecule has 0 amide bonds. The second-order valence-electron chi connectivity index (χ2n) is 7.05. The Kier molecular flexibility index (Phi) is 6.11. The number of hydrogen-bond donors (Lipinski definition) is 0. The maximum absolute atomic E-state index is 12.8. The van der Waals surface area contributed by atoms with Crippen LogP contribution in [-0.2, 0) is 28.5 Å². The zero-order valence-corrected chi connectivity index (χ0v) is 14.3. The molecule has 0 radical (unpaired) electrons. The van der Waals surface area contributed by atoms with Gasteiger partial charge in [0.2, 0.25) is 12.6 Å². The molecular formula is C18H28O6. The first-order chi connectivity index (χ1) is 11.7. The molecule has 3 rings (SSSR count). The summed E-state index contributed by atoms with van der Waals surface area (Å²) in [4.78, 5) is 25.7. The van der Waals surface area contributed by atoms with Gasteiger partial charge in [-0.25, -0.2) is 0 Å². The third-order valence-corrected chi connectivity index (χ3v) is 5.24. The summed E-state index contributed by atoms with van der Waals surface area (Å²) in [6, 6.07) is 0. The lowest BCUT2D eigenvalue weighted by atomic mass is 9.74. The zero-order chi connectivity index (χ0) is 16.8. The van der Waals surface area contributed by atoms with Gasteiger partial charge in [-0.2, -0.15) is 0 Å². The van der Waals surface area contributed by atoms with Crippen LogP contribution >= 0.6 is 0 Å². The molecule has 24 heavy (non-hydrogen) atoms. The molecule has 0 aromatic heterocycles. The fraction of sp³-hybridized carbons (Fsp3) is 0.889. The van der Waals surface area contributed by atoms with E-state index in [-0.39, 0.29) is 0 Å². The van der Waals surface area contributed by atoms with Gasteiger partial charge in [0.25, 0.3) is 0 Å². The van der Waals surface area contributed by atoms with Crippen molar-refractivity contribution in [1.29, 1.82) is 0 Å². The molecule has 136 valence electrons. The Morgan fingerprint density at radius 3 is 1.62 bits per heavy atom. The summed E-state index contributed by atoms with van der Waals surface area (Å²) in [5, 5.41) is 0. The van der Waals surface area contributed by atoms with E-state index in [2.05, 4.69) is 0 Å². The van der Waals surface area contributed by atoms with Crippen LogP contribution in [0.25, 0.3) is 0 Å². The molecule has 2 aliphatic heterocycles. The normalized spacial score (nSPS) is 30.3. The maximum atomic E-state index is 12.8. The third kappa shape index (κ3) is 4.09. The molecule has 0 aromatic rings. The Morgan fingerprint density at radius 2 is 1.21 bits per heavy atom. The minimum Gasteiger partial charge on any atom is -0.435 e. The van der Waals surface area contributed by atoms with Crippen molar-refractivity contribution in [2.24, 2.45) is 5.41 Å². The molecule has 0 aromatic carbocycles. The minimum atomic E-state index is -1.18. The molecule has 0 spiro atoms. The van der Waals surface area contributed by atoms with Gasteiger partial charge in [-0.05, 0) is 38.5 Å². The Morgan fingerprint density at radius 1 is 0.708 bits per heavy atom. The van der Waals surface area contributed by atoms with E-state index < -0.39 is 29.9 Å². The standard InChI is InChI=1S/C18H28O6/c19-16(23-14-8-2-6-12-21-14)18(10-4-1-5-11-18)17(20)24-15-9-3-7-13-22-15/h14-15H,1-13H2. The number of esters is 2. The molecule has 1 saturated carbocycles. The van der Waals surface area contributed by atoms with Gasteiger partial charge in [0.1, 0.15) is 0 Å². The van der Waals surface area contributed by atoms with Crippen LogP contribution in [0.1, 0.15) is 70.6 Å². The molecule has 2 unspecified atom stereocenters. The largest absolute Gasteiger partial charge is 0.435 e. The lowest BCUT2D eigenvalue weighted by Crippen LogP contribution is -2.46. The molecule has 3 fully saturated rings. The highest BCUT2D eigenvalue weighted by Gasteiger charge is 2.51. The van der Waals surface area contributed by atoms with Crippen molar-refractivity contribution in [3.63, 3.8) is 0 Å². The first kappa shape index (κ1) is 17.7. The highest BCUT2D eigenvalue weighted by Crippen LogP contribution is 2.40. The van der Waals surface area contributed by atoms with Gasteiger partial charge in [-0.3, -0.25) is 9.59 Å². The van der Waals surface area contributed by atoms with Crippen LogP contribution in [0.15, 0.2) is 0 Å². The molecule has 2 saturated heterocycles.